The number of hydrogen-bond donors (Lipinski definition) is 2. The predicted molar refractivity (Wildman–Crippen MR) is 86.1 cm³/mol. The van der Waals surface area contributed by atoms with Gasteiger partial charge >= 0.3 is 0 Å². The Morgan fingerprint density at radius 1 is 1.33 bits per heavy atom. The van der Waals surface area contributed by atoms with Gasteiger partial charge in [0.05, 0.1) is 0 Å². The van der Waals surface area contributed by atoms with E-state index in [2.05, 4.69) is 17.1 Å². The van der Waals surface area contributed by atoms with Gasteiger partial charge < -0.3 is 15.2 Å². The van der Waals surface area contributed by atoms with Crippen LogP contribution in [0, 0.1) is 0 Å². The predicted octanol–water partition coefficient (Wildman–Crippen LogP) is 2.15. The van der Waals surface area contributed by atoms with Gasteiger partial charge in [0.15, 0.2) is 0 Å². The summed E-state index contributed by atoms with van der Waals surface area (Å²) in [6.45, 7) is 6.33. The Labute approximate surface area is 132 Å². The van der Waals surface area contributed by atoms with E-state index in [1.807, 2.05) is 12.1 Å². The highest BCUT2D eigenvalue weighted by molar-refractivity contribution is 6.30. The molecule has 0 aromatic heterocycles. The molecule has 1 aromatic carbocycles. The van der Waals surface area contributed by atoms with Crippen LogP contribution >= 0.6 is 11.6 Å². The zero-order valence-corrected chi connectivity index (χ0v) is 13.4. The Morgan fingerprint density at radius 3 is 2.81 bits per heavy atom. The maximum atomic E-state index is 9.92. The summed E-state index contributed by atoms with van der Waals surface area (Å²) in [6, 6.07) is 7.73. The van der Waals surface area contributed by atoms with Gasteiger partial charge in [0.1, 0.15) is 18.5 Å². The molecule has 2 rings (SSSR count). The van der Waals surface area contributed by atoms with Crippen LogP contribution in [0.1, 0.15) is 19.8 Å². The molecule has 1 heterocycles. The SMILES string of the molecule is CC(CNCC(O)COc1cccc(Cl)c1)N1CCCC1. The Morgan fingerprint density at radius 2 is 2.10 bits per heavy atom. The van der Waals surface area contributed by atoms with Crippen molar-refractivity contribution >= 4 is 11.6 Å². The van der Waals surface area contributed by atoms with Crippen LogP contribution in [0.3, 0.4) is 0 Å². The highest BCUT2D eigenvalue weighted by Gasteiger charge is 2.17. The second kappa shape index (κ2) is 8.59. The molecule has 0 aliphatic carbocycles. The third-order valence-electron chi connectivity index (χ3n) is 3.82. The van der Waals surface area contributed by atoms with Crippen LogP contribution in [-0.2, 0) is 0 Å². The topological polar surface area (TPSA) is 44.7 Å². The van der Waals surface area contributed by atoms with Crippen molar-refractivity contribution < 1.29 is 9.84 Å². The molecular formula is C16H25ClN2O2. The number of aliphatic hydroxyl groups is 1. The first-order valence-corrected chi connectivity index (χ1v) is 8.04. The molecule has 0 saturated carbocycles. The summed E-state index contributed by atoms with van der Waals surface area (Å²) in [7, 11) is 0. The smallest absolute Gasteiger partial charge is 0.120 e. The molecule has 21 heavy (non-hydrogen) atoms. The first-order valence-electron chi connectivity index (χ1n) is 7.66. The van der Waals surface area contributed by atoms with Gasteiger partial charge in [-0.05, 0) is 51.1 Å². The maximum absolute atomic E-state index is 9.92. The van der Waals surface area contributed by atoms with Gasteiger partial charge in [0, 0.05) is 24.2 Å². The van der Waals surface area contributed by atoms with Gasteiger partial charge in [-0.2, -0.15) is 0 Å². The van der Waals surface area contributed by atoms with Gasteiger partial charge in [-0.15, -0.1) is 0 Å². The normalized spacial score (nSPS) is 18.6. The molecule has 1 saturated heterocycles. The summed E-state index contributed by atoms with van der Waals surface area (Å²) in [4.78, 5) is 2.49. The summed E-state index contributed by atoms with van der Waals surface area (Å²) < 4.78 is 5.52. The zero-order chi connectivity index (χ0) is 15.1. The molecule has 0 radical (unpaired) electrons. The number of likely N-dealkylation sites (tertiary alicyclic amines) is 1. The van der Waals surface area contributed by atoms with Crippen molar-refractivity contribution in [1.29, 1.82) is 0 Å². The zero-order valence-electron chi connectivity index (χ0n) is 12.6. The monoisotopic (exact) mass is 312 g/mol. The minimum Gasteiger partial charge on any atom is -0.491 e. The second-order valence-electron chi connectivity index (χ2n) is 5.67. The molecule has 5 heteroatoms. The molecule has 1 aromatic rings. The minimum atomic E-state index is -0.519. The fourth-order valence-corrected chi connectivity index (χ4v) is 2.76. The number of aliphatic hydroxyl groups excluding tert-OH is 1. The summed E-state index contributed by atoms with van der Waals surface area (Å²) in [5.74, 6) is 0.687. The Hall–Kier alpha value is -0.810. The fourth-order valence-electron chi connectivity index (χ4n) is 2.58. The lowest BCUT2D eigenvalue weighted by atomic mass is 10.3. The van der Waals surface area contributed by atoms with Crippen molar-refractivity contribution in [3.63, 3.8) is 0 Å². The molecular weight excluding hydrogens is 288 g/mol. The van der Waals surface area contributed by atoms with Crippen molar-refractivity contribution in [2.75, 3.05) is 32.8 Å². The van der Waals surface area contributed by atoms with Crippen molar-refractivity contribution in [2.24, 2.45) is 0 Å². The van der Waals surface area contributed by atoms with Crippen LogP contribution in [0.25, 0.3) is 0 Å². The molecule has 2 unspecified atom stereocenters. The number of hydrogen-bond acceptors (Lipinski definition) is 4. The van der Waals surface area contributed by atoms with Crippen LogP contribution in [0.15, 0.2) is 24.3 Å². The Balaban J connectivity index is 1.60. The number of nitrogens with one attached hydrogen (secondary N) is 1. The van der Waals surface area contributed by atoms with E-state index < -0.39 is 6.10 Å². The molecule has 1 aliphatic rings. The number of ether oxygens (including phenoxy) is 1. The quantitative estimate of drug-likeness (QED) is 0.772. The van der Waals surface area contributed by atoms with Gasteiger partial charge in [0.2, 0.25) is 0 Å². The van der Waals surface area contributed by atoms with Gasteiger partial charge in [-0.3, -0.25) is 4.90 Å². The molecule has 2 atom stereocenters. The van der Waals surface area contributed by atoms with Crippen LogP contribution < -0.4 is 10.1 Å². The standard InChI is InChI=1S/C16H25ClN2O2/c1-13(19-7-2-3-8-19)10-18-11-15(20)12-21-16-6-4-5-14(17)9-16/h4-6,9,13,15,18,20H,2-3,7-8,10-12H2,1H3. The van der Waals surface area contributed by atoms with E-state index in [9.17, 15) is 5.11 Å². The summed E-state index contributed by atoms with van der Waals surface area (Å²) >= 11 is 5.88. The fraction of sp³-hybridized carbons (Fsp3) is 0.625. The lowest BCUT2D eigenvalue weighted by Crippen LogP contribution is -2.41. The van der Waals surface area contributed by atoms with Gasteiger partial charge in [-0.25, -0.2) is 0 Å². The summed E-state index contributed by atoms with van der Waals surface area (Å²) in [6.07, 6.45) is 2.09. The molecule has 2 N–H and O–H groups in total. The average molecular weight is 313 g/mol. The first-order chi connectivity index (χ1) is 10.1. The van der Waals surface area contributed by atoms with Crippen LogP contribution in [0.4, 0.5) is 0 Å². The van der Waals surface area contributed by atoms with Crippen LogP contribution in [-0.4, -0.2) is 54.9 Å². The Kier molecular flexibility index (Phi) is 6.77. The van der Waals surface area contributed by atoms with Crippen molar-refractivity contribution in [2.45, 2.75) is 31.9 Å². The van der Waals surface area contributed by atoms with E-state index in [-0.39, 0.29) is 6.61 Å². The first kappa shape index (κ1) is 16.6. The van der Waals surface area contributed by atoms with Crippen molar-refractivity contribution in [3.05, 3.63) is 29.3 Å². The van der Waals surface area contributed by atoms with Crippen LogP contribution in [0.2, 0.25) is 5.02 Å². The van der Waals surface area contributed by atoms with Gasteiger partial charge in [-0.1, -0.05) is 17.7 Å². The van der Waals surface area contributed by atoms with E-state index in [0.29, 0.717) is 23.4 Å². The average Bonchev–Trinajstić information content (AvgIpc) is 2.99. The molecule has 1 fully saturated rings. The number of benzene rings is 1. The van der Waals surface area contributed by atoms with Crippen molar-refractivity contribution in [3.8, 4) is 5.75 Å². The molecule has 0 spiro atoms. The number of rotatable bonds is 8. The molecule has 0 amide bonds. The van der Waals surface area contributed by atoms with E-state index in [1.165, 1.54) is 25.9 Å². The van der Waals surface area contributed by atoms with Gasteiger partial charge in [0.25, 0.3) is 0 Å². The van der Waals surface area contributed by atoms with E-state index in [1.54, 1.807) is 12.1 Å². The number of nitrogens with zero attached hydrogens (tertiary/aromatic N) is 1. The molecule has 1 aliphatic heterocycles. The molecule has 0 bridgehead atoms. The third kappa shape index (κ3) is 5.83. The van der Waals surface area contributed by atoms with Crippen LogP contribution in [0.5, 0.6) is 5.75 Å². The lowest BCUT2D eigenvalue weighted by molar-refractivity contribution is 0.104. The highest BCUT2D eigenvalue weighted by atomic mass is 35.5. The lowest BCUT2D eigenvalue weighted by Gasteiger charge is -2.24. The second-order valence-corrected chi connectivity index (χ2v) is 6.11. The van der Waals surface area contributed by atoms with E-state index in [0.717, 1.165) is 6.54 Å². The van der Waals surface area contributed by atoms with E-state index >= 15 is 0 Å². The summed E-state index contributed by atoms with van der Waals surface area (Å²) in [5, 5.41) is 13.9. The van der Waals surface area contributed by atoms with Crippen molar-refractivity contribution in [1.82, 2.24) is 10.2 Å². The maximum Gasteiger partial charge on any atom is 0.120 e. The third-order valence-corrected chi connectivity index (χ3v) is 4.06. The molecule has 4 nitrogen and oxygen atoms in total. The largest absolute Gasteiger partial charge is 0.491 e. The highest BCUT2D eigenvalue weighted by Crippen LogP contribution is 2.17. The molecule has 118 valence electrons. The summed E-state index contributed by atoms with van der Waals surface area (Å²) in [5.41, 5.74) is 0. The van der Waals surface area contributed by atoms with E-state index in [4.69, 9.17) is 16.3 Å². The number of halogens is 1. The minimum absolute atomic E-state index is 0.269. The Bertz CT molecular complexity index is 424.